The number of pyridine rings is 1. The summed E-state index contributed by atoms with van der Waals surface area (Å²) in [6.07, 6.45) is 4.44. The minimum atomic E-state index is -0.204. The van der Waals surface area contributed by atoms with Crippen LogP contribution < -0.4 is 4.90 Å². The highest BCUT2D eigenvalue weighted by Gasteiger charge is 2.27. The number of hydrogen-bond acceptors (Lipinski definition) is 4. The highest BCUT2D eigenvalue weighted by atomic mass is 16.5. The molecule has 0 aliphatic carbocycles. The van der Waals surface area contributed by atoms with Gasteiger partial charge in [0.15, 0.2) is 0 Å². The molecule has 0 N–H and O–H groups in total. The van der Waals surface area contributed by atoms with Gasteiger partial charge in [-0.1, -0.05) is 0 Å². The Kier molecular flexibility index (Phi) is 2.94. The quantitative estimate of drug-likeness (QED) is 0.712. The standard InChI is InChI=1S/C14H18N2O2/c1-10-9-11-5-8-18-14(17)12(11)13(15-10)16-6-3-2-4-7-16/h9H,2-8H2,1H3. The van der Waals surface area contributed by atoms with Gasteiger partial charge in [-0.05, 0) is 37.8 Å². The maximum absolute atomic E-state index is 12.0. The van der Waals surface area contributed by atoms with E-state index in [1.807, 2.05) is 13.0 Å². The van der Waals surface area contributed by atoms with Crippen LogP contribution in [0.3, 0.4) is 0 Å². The number of ether oxygens (including phenoxy) is 1. The number of hydrogen-bond donors (Lipinski definition) is 0. The molecule has 3 heterocycles. The number of cyclic esters (lactones) is 1. The fourth-order valence-electron chi connectivity index (χ4n) is 2.80. The Balaban J connectivity index is 2.06. The number of carbonyl (C=O) groups is 1. The molecule has 0 saturated carbocycles. The first kappa shape index (κ1) is 11.5. The third kappa shape index (κ3) is 1.96. The summed E-state index contributed by atoms with van der Waals surface area (Å²) < 4.78 is 5.17. The van der Waals surface area contributed by atoms with Crippen molar-refractivity contribution in [2.45, 2.75) is 32.6 Å². The summed E-state index contributed by atoms with van der Waals surface area (Å²) in [4.78, 5) is 18.8. The fraction of sp³-hybridized carbons (Fsp3) is 0.571. The lowest BCUT2D eigenvalue weighted by atomic mass is 10.0. The smallest absolute Gasteiger partial charge is 0.342 e. The van der Waals surface area contributed by atoms with Crippen LogP contribution in [0, 0.1) is 6.92 Å². The van der Waals surface area contributed by atoms with Crippen molar-refractivity contribution in [3.05, 3.63) is 22.9 Å². The molecule has 0 unspecified atom stereocenters. The Bertz CT molecular complexity index is 479. The van der Waals surface area contributed by atoms with Crippen molar-refractivity contribution in [2.75, 3.05) is 24.6 Å². The Morgan fingerprint density at radius 1 is 1.28 bits per heavy atom. The lowest BCUT2D eigenvalue weighted by molar-refractivity contribution is 0.0480. The zero-order valence-electron chi connectivity index (χ0n) is 10.7. The molecular formula is C14H18N2O2. The van der Waals surface area contributed by atoms with E-state index in [9.17, 15) is 4.79 Å². The maximum Gasteiger partial charge on any atom is 0.342 e. The summed E-state index contributed by atoms with van der Waals surface area (Å²) in [7, 11) is 0. The molecule has 1 aromatic heterocycles. The summed E-state index contributed by atoms with van der Waals surface area (Å²) in [5.41, 5.74) is 2.79. The molecule has 0 bridgehead atoms. The molecule has 3 rings (SSSR count). The number of esters is 1. The monoisotopic (exact) mass is 246 g/mol. The van der Waals surface area contributed by atoms with Gasteiger partial charge in [0.05, 0.1) is 6.61 Å². The van der Waals surface area contributed by atoms with Crippen molar-refractivity contribution in [1.82, 2.24) is 4.98 Å². The van der Waals surface area contributed by atoms with Crippen LogP contribution in [0.15, 0.2) is 6.07 Å². The maximum atomic E-state index is 12.0. The number of aromatic nitrogens is 1. The number of carbonyl (C=O) groups excluding carboxylic acids is 1. The van der Waals surface area contributed by atoms with Gasteiger partial charge >= 0.3 is 5.97 Å². The molecule has 0 aromatic carbocycles. The summed E-state index contributed by atoms with van der Waals surface area (Å²) in [5, 5.41) is 0. The second-order valence-corrected chi connectivity index (χ2v) is 5.05. The molecule has 96 valence electrons. The predicted octanol–water partition coefficient (Wildman–Crippen LogP) is 2.09. The van der Waals surface area contributed by atoms with Crippen molar-refractivity contribution in [1.29, 1.82) is 0 Å². The topological polar surface area (TPSA) is 42.4 Å². The van der Waals surface area contributed by atoms with E-state index in [4.69, 9.17) is 4.74 Å². The van der Waals surface area contributed by atoms with Gasteiger partial charge in [0, 0.05) is 25.2 Å². The van der Waals surface area contributed by atoms with Gasteiger partial charge in [-0.2, -0.15) is 0 Å². The largest absolute Gasteiger partial charge is 0.462 e. The Morgan fingerprint density at radius 2 is 2.06 bits per heavy atom. The number of rotatable bonds is 1. The number of nitrogens with zero attached hydrogens (tertiary/aromatic N) is 2. The Morgan fingerprint density at radius 3 is 2.83 bits per heavy atom. The normalized spacial score (nSPS) is 19.4. The molecule has 2 aliphatic rings. The van der Waals surface area contributed by atoms with Crippen LogP contribution in [-0.4, -0.2) is 30.6 Å². The van der Waals surface area contributed by atoms with E-state index in [0.29, 0.717) is 12.2 Å². The lowest BCUT2D eigenvalue weighted by Gasteiger charge is -2.31. The average molecular weight is 246 g/mol. The van der Waals surface area contributed by atoms with Crippen molar-refractivity contribution in [3.63, 3.8) is 0 Å². The van der Waals surface area contributed by atoms with Gasteiger partial charge in [-0.3, -0.25) is 0 Å². The Labute approximate surface area is 107 Å². The van der Waals surface area contributed by atoms with E-state index in [2.05, 4.69) is 9.88 Å². The van der Waals surface area contributed by atoms with Crippen LogP contribution in [-0.2, 0) is 11.2 Å². The average Bonchev–Trinajstić information content (AvgIpc) is 2.39. The van der Waals surface area contributed by atoms with Crippen LogP contribution in [0.5, 0.6) is 0 Å². The summed E-state index contributed by atoms with van der Waals surface area (Å²) in [6.45, 7) is 4.48. The van der Waals surface area contributed by atoms with E-state index in [0.717, 1.165) is 36.6 Å². The van der Waals surface area contributed by atoms with Crippen molar-refractivity contribution < 1.29 is 9.53 Å². The molecule has 0 spiro atoms. The van der Waals surface area contributed by atoms with Crippen LogP contribution >= 0.6 is 0 Å². The van der Waals surface area contributed by atoms with Gasteiger partial charge in [-0.15, -0.1) is 0 Å². The molecule has 0 radical (unpaired) electrons. The summed E-state index contributed by atoms with van der Waals surface area (Å²) in [6, 6.07) is 2.02. The second kappa shape index (κ2) is 4.59. The zero-order valence-corrected chi connectivity index (χ0v) is 10.7. The number of aryl methyl sites for hydroxylation is 1. The van der Waals surface area contributed by atoms with Crippen molar-refractivity contribution >= 4 is 11.8 Å². The first-order valence-corrected chi connectivity index (χ1v) is 6.68. The SMILES string of the molecule is Cc1cc2c(c(N3CCCCC3)n1)C(=O)OCC2. The van der Waals surface area contributed by atoms with Crippen molar-refractivity contribution in [2.24, 2.45) is 0 Å². The van der Waals surface area contributed by atoms with Gasteiger partial charge in [0.2, 0.25) is 0 Å². The van der Waals surface area contributed by atoms with E-state index < -0.39 is 0 Å². The van der Waals surface area contributed by atoms with Gasteiger partial charge < -0.3 is 9.64 Å². The first-order valence-electron chi connectivity index (χ1n) is 6.68. The predicted molar refractivity (Wildman–Crippen MR) is 69.0 cm³/mol. The second-order valence-electron chi connectivity index (χ2n) is 5.05. The highest BCUT2D eigenvalue weighted by Crippen LogP contribution is 2.29. The molecule has 4 nitrogen and oxygen atoms in total. The molecule has 0 atom stereocenters. The molecule has 1 fully saturated rings. The van der Waals surface area contributed by atoms with Crippen molar-refractivity contribution in [3.8, 4) is 0 Å². The molecule has 18 heavy (non-hydrogen) atoms. The first-order chi connectivity index (χ1) is 8.75. The Hall–Kier alpha value is -1.58. The minimum Gasteiger partial charge on any atom is -0.462 e. The van der Waals surface area contributed by atoms with Crippen LogP contribution in [0.25, 0.3) is 0 Å². The third-order valence-electron chi connectivity index (χ3n) is 3.67. The van der Waals surface area contributed by atoms with Gasteiger partial charge in [0.1, 0.15) is 11.4 Å². The fourth-order valence-corrected chi connectivity index (χ4v) is 2.80. The van der Waals surface area contributed by atoms with Gasteiger partial charge in [-0.25, -0.2) is 9.78 Å². The zero-order chi connectivity index (χ0) is 12.5. The van der Waals surface area contributed by atoms with E-state index in [-0.39, 0.29) is 5.97 Å². The molecule has 4 heteroatoms. The molecule has 2 aliphatic heterocycles. The molecular weight excluding hydrogens is 228 g/mol. The van der Waals surface area contributed by atoms with E-state index in [1.54, 1.807) is 0 Å². The minimum absolute atomic E-state index is 0.204. The number of anilines is 1. The third-order valence-corrected chi connectivity index (χ3v) is 3.67. The number of piperidine rings is 1. The molecule has 1 saturated heterocycles. The lowest BCUT2D eigenvalue weighted by Crippen LogP contribution is -2.33. The van der Waals surface area contributed by atoms with Crippen LogP contribution in [0.1, 0.15) is 40.9 Å². The summed E-state index contributed by atoms with van der Waals surface area (Å²) in [5.74, 6) is 0.638. The van der Waals surface area contributed by atoms with Crippen LogP contribution in [0.2, 0.25) is 0 Å². The van der Waals surface area contributed by atoms with E-state index >= 15 is 0 Å². The number of fused-ring (bicyclic) bond motifs is 1. The van der Waals surface area contributed by atoms with Crippen LogP contribution in [0.4, 0.5) is 5.82 Å². The molecule has 0 amide bonds. The van der Waals surface area contributed by atoms with E-state index in [1.165, 1.54) is 19.3 Å². The highest BCUT2D eigenvalue weighted by molar-refractivity contribution is 5.97. The summed E-state index contributed by atoms with van der Waals surface area (Å²) >= 11 is 0. The van der Waals surface area contributed by atoms with Gasteiger partial charge in [0.25, 0.3) is 0 Å². The molecule has 1 aromatic rings.